The molecule has 2 aromatic rings. The number of carbonyl (C=O) groups excluding carboxylic acids is 1. The fourth-order valence-corrected chi connectivity index (χ4v) is 2.25. The maximum absolute atomic E-state index is 11.9. The van der Waals surface area contributed by atoms with E-state index >= 15 is 0 Å². The Balaban J connectivity index is 1.86. The number of carbonyl (C=O) groups is 1. The van der Waals surface area contributed by atoms with Crippen molar-refractivity contribution in [3.8, 4) is 0 Å². The Morgan fingerprint density at radius 3 is 2.48 bits per heavy atom. The Morgan fingerprint density at radius 1 is 1.10 bits per heavy atom. The van der Waals surface area contributed by atoms with Gasteiger partial charge in [0.25, 0.3) is 0 Å². The lowest BCUT2D eigenvalue weighted by Gasteiger charge is -2.12. The summed E-state index contributed by atoms with van der Waals surface area (Å²) < 4.78 is 0. The van der Waals surface area contributed by atoms with Gasteiger partial charge >= 0.3 is 0 Å². The van der Waals surface area contributed by atoms with Crippen LogP contribution in [0.4, 0.5) is 5.69 Å². The molecule has 5 heteroatoms. The predicted molar refractivity (Wildman–Crippen MR) is 87.7 cm³/mol. The summed E-state index contributed by atoms with van der Waals surface area (Å²) in [6.07, 6.45) is 0.924. The Kier molecular flexibility index (Phi) is 5.62. The van der Waals surface area contributed by atoms with Crippen LogP contribution in [0.3, 0.4) is 0 Å². The van der Waals surface area contributed by atoms with Crippen molar-refractivity contribution in [1.82, 2.24) is 0 Å². The molecule has 0 saturated heterocycles. The van der Waals surface area contributed by atoms with E-state index in [-0.39, 0.29) is 11.9 Å². The molecule has 2 aromatic carbocycles. The van der Waals surface area contributed by atoms with Gasteiger partial charge in [0.1, 0.15) is 0 Å². The van der Waals surface area contributed by atoms with Gasteiger partial charge in [-0.3, -0.25) is 4.79 Å². The highest BCUT2D eigenvalue weighted by Crippen LogP contribution is 2.25. The normalized spacial score (nSPS) is 12.0. The van der Waals surface area contributed by atoms with Crippen LogP contribution in [-0.4, -0.2) is 5.91 Å². The van der Waals surface area contributed by atoms with E-state index in [1.165, 1.54) is 0 Å². The number of hydrogen-bond acceptors (Lipinski definition) is 2. The number of benzene rings is 2. The van der Waals surface area contributed by atoms with Crippen LogP contribution in [0, 0.1) is 0 Å². The van der Waals surface area contributed by atoms with Crippen molar-refractivity contribution >= 4 is 34.8 Å². The molecule has 21 heavy (non-hydrogen) atoms. The highest BCUT2D eigenvalue weighted by molar-refractivity contribution is 6.42. The molecular weight excluding hydrogens is 307 g/mol. The van der Waals surface area contributed by atoms with Crippen molar-refractivity contribution in [2.75, 3.05) is 5.32 Å². The zero-order valence-electron chi connectivity index (χ0n) is 11.4. The third-order valence-electron chi connectivity index (χ3n) is 3.11. The summed E-state index contributed by atoms with van der Waals surface area (Å²) in [5, 5.41) is 3.65. The zero-order valence-corrected chi connectivity index (χ0v) is 12.9. The van der Waals surface area contributed by atoms with Gasteiger partial charge in [-0.25, -0.2) is 0 Å². The van der Waals surface area contributed by atoms with Gasteiger partial charge in [0, 0.05) is 18.2 Å². The van der Waals surface area contributed by atoms with E-state index in [2.05, 4.69) is 5.32 Å². The molecule has 0 aromatic heterocycles. The summed E-state index contributed by atoms with van der Waals surface area (Å²) in [6.45, 7) is 0. The zero-order chi connectivity index (χ0) is 15.2. The van der Waals surface area contributed by atoms with Crippen LogP contribution in [-0.2, 0) is 4.79 Å². The molecule has 0 saturated carbocycles. The average Bonchev–Trinajstić information content (AvgIpc) is 2.49. The molecule has 0 aliphatic carbocycles. The number of hydrogen-bond donors (Lipinski definition) is 2. The van der Waals surface area contributed by atoms with Gasteiger partial charge in [-0.15, -0.1) is 0 Å². The first kappa shape index (κ1) is 15.8. The van der Waals surface area contributed by atoms with Crippen LogP contribution < -0.4 is 11.1 Å². The van der Waals surface area contributed by atoms with Crippen molar-refractivity contribution in [3.63, 3.8) is 0 Å². The maximum atomic E-state index is 11.9. The van der Waals surface area contributed by atoms with Crippen LogP contribution in [0.15, 0.2) is 48.5 Å². The van der Waals surface area contributed by atoms with Gasteiger partial charge in [0.05, 0.1) is 10.0 Å². The second-order valence-corrected chi connectivity index (χ2v) is 5.55. The monoisotopic (exact) mass is 322 g/mol. The lowest BCUT2D eigenvalue weighted by molar-refractivity contribution is -0.116. The molecule has 1 amide bonds. The van der Waals surface area contributed by atoms with Gasteiger partial charge in [-0.1, -0.05) is 53.5 Å². The third-order valence-corrected chi connectivity index (χ3v) is 3.85. The summed E-state index contributed by atoms with van der Waals surface area (Å²) in [5.41, 5.74) is 7.72. The molecule has 2 rings (SSSR count). The highest BCUT2D eigenvalue weighted by atomic mass is 35.5. The van der Waals surface area contributed by atoms with Crippen LogP contribution in [0.5, 0.6) is 0 Å². The summed E-state index contributed by atoms with van der Waals surface area (Å²) >= 11 is 11.7. The number of anilines is 1. The SMILES string of the molecule is NC(CCC(=O)Nc1ccc(Cl)c(Cl)c1)c1ccccc1. The van der Waals surface area contributed by atoms with Gasteiger partial charge in [-0.2, -0.15) is 0 Å². The largest absolute Gasteiger partial charge is 0.326 e. The van der Waals surface area contributed by atoms with E-state index in [1.54, 1.807) is 18.2 Å². The van der Waals surface area contributed by atoms with Crippen LogP contribution >= 0.6 is 23.2 Å². The van der Waals surface area contributed by atoms with E-state index in [9.17, 15) is 4.79 Å². The minimum atomic E-state index is -0.147. The molecule has 3 N–H and O–H groups in total. The molecule has 0 radical (unpaired) electrons. The van der Waals surface area contributed by atoms with E-state index in [0.717, 1.165) is 5.56 Å². The molecule has 0 spiro atoms. The van der Waals surface area contributed by atoms with E-state index in [1.807, 2.05) is 30.3 Å². The predicted octanol–water partition coefficient (Wildman–Crippen LogP) is 4.41. The van der Waals surface area contributed by atoms with Crippen molar-refractivity contribution in [1.29, 1.82) is 0 Å². The molecule has 110 valence electrons. The Hall–Kier alpha value is -1.55. The smallest absolute Gasteiger partial charge is 0.224 e. The van der Waals surface area contributed by atoms with E-state index in [0.29, 0.717) is 28.6 Å². The lowest BCUT2D eigenvalue weighted by atomic mass is 10.0. The van der Waals surface area contributed by atoms with Crippen molar-refractivity contribution in [2.45, 2.75) is 18.9 Å². The fourth-order valence-electron chi connectivity index (χ4n) is 1.95. The molecule has 0 aliphatic heterocycles. The first-order valence-electron chi connectivity index (χ1n) is 6.61. The standard InChI is InChI=1S/C16H16Cl2N2O/c17-13-7-6-12(10-14(13)18)20-16(21)9-8-15(19)11-4-2-1-3-5-11/h1-7,10,15H,8-9,19H2,(H,20,21). The quantitative estimate of drug-likeness (QED) is 0.856. The van der Waals surface area contributed by atoms with Gasteiger partial charge in [0.15, 0.2) is 0 Å². The minimum absolute atomic E-state index is 0.0974. The van der Waals surface area contributed by atoms with Crippen molar-refractivity contribution in [2.24, 2.45) is 5.73 Å². The van der Waals surface area contributed by atoms with Crippen molar-refractivity contribution < 1.29 is 4.79 Å². The summed E-state index contributed by atoms with van der Waals surface area (Å²) in [4.78, 5) is 11.9. The highest BCUT2D eigenvalue weighted by Gasteiger charge is 2.09. The third kappa shape index (κ3) is 4.74. The van der Waals surface area contributed by atoms with Crippen LogP contribution in [0.25, 0.3) is 0 Å². The van der Waals surface area contributed by atoms with Crippen LogP contribution in [0.1, 0.15) is 24.4 Å². The molecule has 0 bridgehead atoms. The van der Waals surface area contributed by atoms with Gasteiger partial charge < -0.3 is 11.1 Å². The summed E-state index contributed by atoms with van der Waals surface area (Å²) in [6, 6.07) is 14.6. The number of nitrogens with two attached hydrogens (primary N) is 1. The maximum Gasteiger partial charge on any atom is 0.224 e. The average molecular weight is 323 g/mol. The Morgan fingerprint density at radius 2 is 1.81 bits per heavy atom. The van der Waals surface area contributed by atoms with Gasteiger partial charge in [0.2, 0.25) is 5.91 Å². The molecule has 0 fully saturated rings. The number of rotatable bonds is 5. The molecular formula is C16H16Cl2N2O. The van der Waals surface area contributed by atoms with E-state index < -0.39 is 0 Å². The first-order valence-corrected chi connectivity index (χ1v) is 7.37. The Labute approximate surface area is 134 Å². The second kappa shape index (κ2) is 7.46. The minimum Gasteiger partial charge on any atom is -0.326 e. The fraction of sp³-hybridized carbons (Fsp3) is 0.188. The van der Waals surface area contributed by atoms with Crippen molar-refractivity contribution in [3.05, 3.63) is 64.1 Å². The Bertz CT molecular complexity index is 617. The first-order chi connectivity index (χ1) is 10.1. The molecule has 1 atom stereocenters. The summed E-state index contributed by atoms with van der Waals surface area (Å²) in [5.74, 6) is -0.0974. The second-order valence-electron chi connectivity index (χ2n) is 4.73. The number of amides is 1. The molecule has 0 heterocycles. The molecule has 0 aliphatic rings. The van der Waals surface area contributed by atoms with E-state index in [4.69, 9.17) is 28.9 Å². The summed E-state index contributed by atoms with van der Waals surface area (Å²) in [7, 11) is 0. The number of nitrogens with one attached hydrogen (secondary N) is 1. The topological polar surface area (TPSA) is 55.1 Å². The lowest BCUT2D eigenvalue weighted by Crippen LogP contribution is -2.16. The molecule has 3 nitrogen and oxygen atoms in total. The van der Waals surface area contributed by atoms with Crippen LogP contribution in [0.2, 0.25) is 10.0 Å². The molecule has 1 unspecified atom stereocenters. The number of halogens is 2. The van der Waals surface area contributed by atoms with Gasteiger partial charge in [-0.05, 0) is 30.2 Å².